The maximum absolute atomic E-state index is 12.4. The van der Waals surface area contributed by atoms with Crippen LogP contribution in [0.15, 0.2) is 29.2 Å². The maximum atomic E-state index is 12.4. The van der Waals surface area contributed by atoms with Gasteiger partial charge in [0, 0.05) is 18.1 Å². The zero-order valence-electron chi connectivity index (χ0n) is 11.8. The number of thioether (sulfide) groups is 1. The molecule has 0 aliphatic carbocycles. The quantitative estimate of drug-likeness (QED) is 0.793. The Morgan fingerprint density at radius 2 is 1.95 bits per heavy atom. The summed E-state index contributed by atoms with van der Waals surface area (Å²) in [5.41, 5.74) is 0.737. The fourth-order valence-corrected chi connectivity index (χ4v) is 3.31. The molecule has 22 heavy (non-hydrogen) atoms. The summed E-state index contributed by atoms with van der Waals surface area (Å²) >= 11 is 7.05. The molecule has 0 atom stereocenters. The van der Waals surface area contributed by atoms with Gasteiger partial charge in [-0.1, -0.05) is 29.8 Å². The number of ether oxygens (including phenoxy) is 1. The second-order valence-corrected chi connectivity index (χ2v) is 6.40. The van der Waals surface area contributed by atoms with Crippen molar-refractivity contribution in [2.24, 2.45) is 0 Å². The number of hydrogen-bond acceptors (Lipinski definition) is 5. The van der Waals surface area contributed by atoms with Crippen molar-refractivity contribution in [2.45, 2.75) is 0 Å². The van der Waals surface area contributed by atoms with Gasteiger partial charge in [0.15, 0.2) is 0 Å². The minimum absolute atomic E-state index is 0.241. The summed E-state index contributed by atoms with van der Waals surface area (Å²) in [6.45, 7) is 3.03. The van der Waals surface area contributed by atoms with Gasteiger partial charge in [0.1, 0.15) is 0 Å². The van der Waals surface area contributed by atoms with Gasteiger partial charge >= 0.3 is 0 Å². The summed E-state index contributed by atoms with van der Waals surface area (Å²) in [6, 6.07) is 7.24. The molecule has 5 nitrogen and oxygen atoms in total. The monoisotopic (exact) mass is 338 g/mol. The zero-order valence-corrected chi connectivity index (χ0v) is 13.4. The van der Waals surface area contributed by atoms with Gasteiger partial charge in [-0.2, -0.15) is 0 Å². The highest BCUT2D eigenvalue weighted by Crippen LogP contribution is 2.33. The molecule has 0 spiro atoms. The molecular weight excluding hydrogens is 324 g/mol. The minimum atomic E-state index is -0.263. The van der Waals surface area contributed by atoms with E-state index < -0.39 is 0 Å². The Kier molecular flexibility index (Phi) is 4.83. The van der Waals surface area contributed by atoms with Crippen LogP contribution in [0.1, 0.15) is 5.56 Å². The van der Waals surface area contributed by atoms with Crippen molar-refractivity contribution >= 4 is 40.6 Å². The van der Waals surface area contributed by atoms with Crippen LogP contribution in [-0.4, -0.2) is 53.9 Å². The van der Waals surface area contributed by atoms with E-state index in [1.807, 2.05) is 23.1 Å². The first-order valence-electron chi connectivity index (χ1n) is 6.95. The first-order chi connectivity index (χ1) is 10.6. The van der Waals surface area contributed by atoms with Crippen molar-refractivity contribution in [3.8, 4) is 0 Å². The number of rotatable bonds is 3. The van der Waals surface area contributed by atoms with E-state index in [1.165, 1.54) is 4.90 Å². The molecule has 2 saturated heterocycles. The van der Waals surface area contributed by atoms with Crippen molar-refractivity contribution in [2.75, 3.05) is 33.0 Å². The Morgan fingerprint density at radius 1 is 1.23 bits per heavy atom. The van der Waals surface area contributed by atoms with Crippen molar-refractivity contribution in [1.29, 1.82) is 0 Å². The van der Waals surface area contributed by atoms with Crippen LogP contribution in [0.25, 0.3) is 6.08 Å². The second kappa shape index (κ2) is 6.83. The van der Waals surface area contributed by atoms with Crippen LogP contribution in [0, 0.1) is 0 Å². The average molecular weight is 339 g/mol. The Morgan fingerprint density at radius 3 is 2.68 bits per heavy atom. The average Bonchev–Trinajstić information content (AvgIpc) is 2.78. The Labute approximate surface area is 137 Å². The number of carbonyl (C=O) groups is 2. The molecule has 7 heteroatoms. The van der Waals surface area contributed by atoms with Gasteiger partial charge in [0.2, 0.25) is 0 Å². The number of carbonyl (C=O) groups excluding carboxylic acids is 2. The van der Waals surface area contributed by atoms with Crippen LogP contribution in [0.3, 0.4) is 0 Å². The lowest BCUT2D eigenvalue weighted by Crippen LogP contribution is -2.45. The van der Waals surface area contributed by atoms with Crippen molar-refractivity contribution in [1.82, 2.24) is 9.80 Å². The molecule has 0 aromatic heterocycles. The standard InChI is InChI=1S/C15H15ClN2O3S/c16-12-4-2-1-3-11(12)9-13-14(19)18(15(20)22-13)10-17-5-7-21-8-6-17/h1-4,9H,5-8,10H2/b13-9+. The van der Waals surface area contributed by atoms with Crippen LogP contribution in [0.2, 0.25) is 5.02 Å². The molecule has 2 aliphatic heterocycles. The number of hydrogen-bond donors (Lipinski definition) is 0. The van der Waals surface area contributed by atoms with Crippen LogP contribution < -0.4 is 0 Å². The first-order valence-corrected chi connectivity index (χ1v) is 8.14. The Balaban J connectivity index is 1.75. The molecule has 1 aromatic carbocycles. The number of imide groups is 1. The topological polar surface area (TPSA) is 49.9 Å². The molecule has 0 radical (unpaired) electrons. The third kappa shape index (κ3) is 3.35. The third-order valence-electron chi connectivity index (χ3n) is 3.51. The van der Waals surface area contributed by atoms with Crippen molar-refractivity contribution in [3.05, 3.63) is 39.8 Å². The summed E-state index contributed by atoms with van der Waals surface area (Å²) < 4.78 is 5.27. The zero-order chi connectivity index (χ0) is 15.5. The Bertz CT molecular complexity index is 629. The van der Waals surface area contributed by atoms with Crippen LogP contribution in [0.4, 0.5) is 4.79 Å². The van der Waals surface area contributed by atoms with E-state index >= 15 is 0 Å². The molecule has 2 aliphatic rings. The van der Waals surface area contributed by atoms with Gasteiger partial charge in [0.05, 0.1) is 24.8 Å². The molecule has 3 rings (SSSR count). The van der Waals surface area contributed by atoms with E-state index in [0.717, 1.165) is 30.4 Å². The highest BCUT2D eigenvalue weighted by atomic mass is 35.5. The van der Waals surface area contributed by atoms with Crippen LogP contribution in [-0.2, 0) is 9.53 Å². The molecule has 2 fully saturated rings. The fraction of sp³-hybridized carbons (Fsp3) is 0.333. The maximum Gasteiger partial charge on any atom is 0.294 e. The van der Waals surface area contributed by atoms with Crippen LogP contribution in [0.5, 0.6) is 0 Å². The van der Waals surface area contributed by atoms with Gasteiger partial charge in [0.25, 0.3) is 11.1 Å². The lowest BCUT2D eigenvalue weighted by molar-refractivity contribution is -0.125. The smallest absolute Gasteiger partial charge is 0.294 e. The highest BCUT2D eigenvalue weighted by molar-refractivity contribution is 8.18. The number of benzene rings is 1. The summed E-state index contributed by atoms with van der Waals surface area (Å²) in [6.07, 6.45) is 1.67. The largest absolute Gasteiger partial charge is 0.379 e. The minimum Gasteiger partial charge on any atom is -0.379 e. The normalized spacial score (nSPS) is 21.9. The van der Waals surface area contributed by atoms with Crippen LogP contribution >= 0.6 is 23.4 Å². The number of nitrogens with zero attached hydrogens (tertiary/aromatic N) is 2. The van der Waals surface area contributed by atoms with E-state index in [0.29, 0.717) is 29.8 Å². The molecule has 2 amide bonds. The Hall–Kier alpha value is -1.34. The lowest BCUT2D eigenvalue weighted by Gasteiger charge is -2.29. The summed E-state index contributed by atoms with van der Waals surface area (Å²) in [7, 11) is 0. The van der Waals surface area contributed by atoms with E-state index in [1.54, 1.807) is 12.1 Å². The van der Waals surface area contributed by atoms with E-state index in [2.05, 4.69) is 0 Å². The van der Waals surface area contributed by atoms with E-state index in [4.69, 9.17) is 16.3 Å². The summed E-state index contributed by atoms with van der Waals surface area (Å²) in [5, 5.41) is 0.317. The van der Waals surface area contributed by atoms with Gasteiger partial charge in [-0.25, -0.2) is 0 Å². The van der Waals surface area contributed by atoms with Gasteiger partial charge < -0.3 is 4.74 Å². The van der Waals surface area contributed by atoms with Crippen molar-refractivity contribution < 1.29 is 14.3 Å². The van der Waals surface area contributed by atoms with Gasteiger partial charge in [-0.15, -0.1) is 0 Å². The van der Waals surface area contributed by atoms with E-state index in [-0.39, 0.29) is 11.1 Å². The number of amides is 2. The predicted molar refractivity (Wildman–Crippen MR) is 86.5 cm³/mol. The summed E-state index contributed by atoms with van der Waals surface area (Å²) in [5.74, 6) is -0.263. The number of morpholine rings is 1. The van der Waals surface area contributed by atoms with Gasteiger partial charge in [-0.3, -0.25) is 19.4 Å². The SMILES string of the molecule is O=C1S/C(=C/c2ccccc2Cl)C(=O)N1CN1CCOCC1. The highest BCUT2D eigenvalue weighted by Gasteiger charge is 2.36. The molecular formula is C15H15ClN2O3S. The molecule has 0 unspecified atom stereocenters. The first kappa shape index (κ1) is 15.6. The van der Waals surface area contributed by atoms with E-state index in [9.17, 15) is 9.59 Å². The summed E-state index contributed by atoms with van der Waals surface area (Å²) in [4.78, 5) is 28.2. The number of halogens is 1. The van der Waals surface area contributed by atoms with Crippen molar-refractivity contribution in [3.63, 3.8) is 0 Å². The molecule has 116 valence electrons. The second-order valence-electron chi connectivity index (χ2n) is 5.00. The third-order valence-corrected chi connectivity index (χ3v) is 4.76. The molecule has 1 aromatic rings. The molecule has 0 bridgehead atoms. The lowest BCUT2D eigenvalue weighted by atomic mass is 10.2. The van der Waals surface area contributed by atoms with Gasteiger partial charge in [-0.05, 0) is 29.5 Å². The predicted octanol–water partition coefficient (Wildman–Crippen LogP) is 2.67. The molecule has 0 N–H and O–H groups in total. The molecule has 2 heterocycles. The molecule has 0 saturated carbocycles. The fourth-order valence-electron chi connectivity index (χ4n) is 2.30.